The fourth-order valence-corrected chi connectivity index (χ4v) is 4.96. The van der Waals surface area contributed by atoms with E-state index in [1.807, 2.05) is 15.9 Å². The Morgan fingerprint density at radius 1 is 1.16 bits per heavy atom. The van der Waals surface area contributed by atoms with Crippen LogP contribution in [0.5, 0.6) is 0 Å². The molecule has 0 spiro atoms. The third-order valence-electron chi connectivity index (χ3n) is 5.01. The van der Waals surface area contributed by atoms with Gasteiger partial charge in [0.15, 0.2) is 5.84 Å². The number of benzene rings is 1. The minimum atomic E-state index is -3.63. The molecule has 3 heterocycles. The number of carbonyl (C=O) groups excluding carboxylic acids is 1. The van der Waals surface area contributed by atoms with E-state index in [0.29, 0.717) is 44.2 Å². The van der Waals surface area contributed by atoms with E-state index in [-0.39, 0.29) is 16.7 Å². The van der Waals surface area contributed by atoms with Crippen molar-refractivity contribution < 1.29 is 17.9 Å². The largest absolute Gasteiger partial charge is 0.378 e. The SMILES string of the molecule is O=C(C1CCCN(C2=NS(=O)(=O)c3ccccc32)C1)N1CCOCC1. The Morgan fingerprint density at radius 2 is 1.92 bits per heavy atom. The van der Waals surface area contributed by atoms with Crippen molar-refractivity contribution in [3.05, 3.63) is 29.8 Å². The summed E-state index contributed by atoms with van der Waals surface area (Å²) in [7, 11) is -3.63. The predicted molar refractivity (Wildman–Crippen MR) is 91.9 cm³/mol. The summed E-state index contributed by atoms with van der Waals surface area (Å²) in [5.41, 5.74) is 0.641. The van der Waals surface area contributed by atoms with Crippen LogP contribution >= 0.6 is 0 Å². The summed E-state index contributed by atoms with van der Waals surface area (Å²) in [5, 5.41) is 0. The standard InChI is InChI=1S/C17H21N3O4S/c21-17(19-8-10-24-11-9-19)13-4-3-7-20(12-13)16-14-5-1-2-6-15(14)25(22,23)18-16/h1-2,5-6,13H,3-4,7-12H2. The normalized spacial score (nSPS) is 25.4. The molecule has 25 heavy (non-hydrogen) atoms. The van der Waals surface area contributed by atoms with Gasteiger partial charge in [0.2, 0.25) is 5.91 Å². The van der Waals surface area contributed by atoms with Gasteiger partial charge in [-0.2, -0.15) is 8.42 Å². The number of piperidine rings is 1. The molecule has 1 aromatic carbocycles. The number of hydrogen-bond acceptors (Lipinski definition) is 5. The number of likely N-dealkylation sites (tertiary alicyclic amines) is 1. The van der Waals surface area contributed by atoms with Gasteiger partial charge < -0.3 is 14.5 Å². The van der Waals surface area contributed by atoms with Gasteiger partial charge in [-0.1, -0.05) is 12.1 Å². The third-order valence-corrected chi connectivity index (χ3v) is 6.33. The summed E-state index contributed by atoms with van der Waals surface area (Å²) >= 11 is 0. The van der Waals surface area contributed by atoms with Gasteiger partial charge in [-0.05, 0) is 25.0 Å². The van der Waals surface area contributed by atoms with Crippen molar-refractivity contribution in [1.29, 1.82) is 0 Å². The second kappa shape index (κ2) is 6.42. The van der Waals surface area contributed by atoms with Gasteiger partial charge >= 0.3 is 0 Å². The molecule has 2 saturated heterocycles. The average molecular weight is 363 g/mol. The lowest BCUT2D eigenvalue weighted by atomic mass is 9.95. The number of morpholine rings is 1. The van der Waals surface area contributed by atoms with E-state index in [1.165, 1.54) is 0 Å². The Labute approximate surface area is 147 Å². The van der Waals surface area contributed by atoms with Crippen LogP contribution in [0.3, 0.4) is 0 Å². The van der Waals surface area contributed by atoms with Crippen LogP contribution in [0.25, 0.3) is 0 Å². The zero-order valence-electron chi connectivity index (χ0n) is 13.9. The second-order valence-corrected chi connectivity index (χ2v) is 8.18. The van der Waals surface area contributed by atoms with Crippen LogP contribution in [0.4, 0.5) is 0 Å². The Kier molecular flexibility index (Phi) is 4.24. The van der Waals surface area contributed by atoms with Crippen LogP contribution in [0, 0.1) is 5.92 Å². The highest BCUT2D eigenvalue weighted by atomic mass is 32.2. The number of carbonyl (C=O) groups is 1. The summed E-state index contributed by atoms with van der Waals surface area (Å²) in [6.07, 6.45) is 1.68. The predicted octanol–water partition coefficient (Wildman–Crippen LogP) is 0.706. The smallest absolute Gasteiger partial charge is 0.285 e. The molecule has 1 aromatic rings. The van der Waals surface area contributed by atoms with Crippen molar-refractivity contribution in [1.82, 2.24) is 9.80 Å². The molecule has 0 radical (unpaired) electrons. The summed E-state index contributed by atoms with van der Waals surface area (Å²) < 4.78 is 33.8. The molecule has 3 aliphatic rings. The maximum atomic E-state index is 12.8. The van der Waals surface area contributed by atoms with Crippen LogP contribution in [-0.4, -0.2) is 69.4 Å². The van der Waals surface area contributed by atoms with Gasteiger partial charge in [0.25, 0.3) is 10.0 Å². The molecule has 0 aromatic heterocycles. The number of sulfonamides is 1. The van der Waals surface area contributed by atoms with Crippen molar-refractivity contribution in [3.63, 3.8) is 0 Å². The number of amidine groups is 1. The van der Waals surface area contributed by atoms with E-state index < -0.39 is 10.0 Å². The molecule has 2 fully saturated rings. The van der Waals surface area contributed by atoms with Crippen LogP contribution in [0.2, 0.25) is 0 Å². The molecule has 3 aliphatic heterocycles. The fraction of sp³-hybridized carbons (Fsp3) is 0.529. The number of ether oxygens (including phenoxy) is 1. The average Bonchev–Trinajstić information content (AvgIpc) is 2.94. The second-order valence-electron chi connectivity index (χ2n) is 6.61. The number of amides is 1. The first kappa shape index (κ1) is 16.5. The zero-order chi connectivity index (χ0) is 17.4. The monoisotopic (exact) mass is 363 g/mol. The minimum absolute atomic E-state index is 0.120. The Morgan fingerprint density at radius 3 is 2.72 bits per heavy atom. The number of rotatable bonds is 1. The first-order valence-corrected chi connectivity index (χ1v) is 10.1. The lowest BCUT2D eigenvalue weighted by molar-refractivity contribution is -0.140. The van der Waals surface area contributed by atoms with E-state index >= 15 is 0 Å². The highest BCUT2D eigenvalue weighted by molar-refractivity contribution is 7.90. The molecule has 1 atom stereocenters. The topological polar surface area (TPSA) is 79.3 Å². The van der Waals surface area contributed by atoms with Crippen LogP contribution in [-0.2, 0) is 19.6 Å². The molecular formula is C17H21N3O4S. The highest BCUT2D eigenvalue weighted by Gasteiger charge is 2.36. The van der Waals surface area contributed by atoms with Crippen LogP contribution in [0.1, 0.15) is 18.4 Å². The Bertz CT molecular complexity index is 815. The number of nitrogens with zero attached hydrogens (tertiary/aromatic N) is 3. The van der Waals surface area contributed by atoms with Crippen LogP contribution < -0.4 is 0 Å². The lowest BCUT2D eigenvalue weighted by Crippen LogP contribution is -2.49. The minimum Gasteiger partial charge on any atom is -0.378 e. The summed E-state index contributed by atoms with van der Waals surface area (Å²) in [6, 6.07) is 6.89. The first-order chi connectivity index (χ1) is 12.1. The molecule has 0 saturated carbocycles. The fourth-order valence-electron chi connectivity index (χ4n) is 3.73. The van der Waals surface area contributed by atoms with Crippen molar-refractivity contribution in [2.75, 3.05) is 39.4 Å². The molecule has 0 N–H and O–H groups in total. The number of fused-ring (bicyclic) bond motifs is 1. The lowest BCUT2D eigenvalue weighted by Gasteiger charge is -2.37. The van der Waals surface area contributed by atoms with Crippen molar-refractivity contribution >= 4 is 21.8 Å². The maximum absolute atomic E-state index is 12.8. The molecule has 7 nitrogen and oxygen atoms in total. The van der Waals surface area contributed by atoms with Crippen LogP contribution in [0.15, 0.2) is 33.6 Å². The maximum Gasteiger partial charge on any atom is 0.285 e. The first-order valence-electron chi connectivity index (χ1n) is 8.62. The van der Waals surface area contributed by atoms with Gasteiger partial charge in [-0.15, -0.1) is 4.40 Å². The molecule has 1 amide bonds. The molecule has 134 valence electrons. The molecule has 4 rings (SSSR count). The van der Waals surface area contributed by atoms with E-state index in [0.717, 1.165) is 19.4 Å². The van der Waals surface area contributed by atoms with Crippen molar-refractivity contribution in [2.24, 2.45) is 10.3 Å². The van der Waals surface area contributed by atoms with Crippen molar-refractivity contribution in [2.45, 2.75) is 17.7 Å². The highest BCUT2D eigenvalue weighted by Crippen LogP contribution is 2.30. The third kappa shape index (κ3) is 3.04. The van der Waals surface area contributed by atoms with Gasteiger partial charge in [0, 0.05) is 31.7 Å². The summed E-state index contributed by atoms with van der Waals surface area (Å²) in [5.74, 6) is 0.503. The summed E-state index contributed by atoms with van der Waals surface area (Å²) in [4.78, 5) is 16.8. The Hall–Kier alpha value is -1.93. The van der Waals surface area contributed by atoms with Crippen molar-refractivity contribution in [3.8, 4) is 0 Å². The molecule has 1 unspecified atom stereocenters. The molecular weight excluding hydrogens is 342 g/mol. The van der Waals surface area contributed by atoms with E-state index in [4.69, 9.17) is 4.74 Å². The molecule has 0 aliphatic carbocycles. The van der Waals surface area contributed by atoms with E-state index in [9.17, 15) is 13.2 Å². The van der Waals surface area contributed by atoms with Gasteiger partial charge in [-0.25, -0.2) is 0 Å². The Balaban J connectivity index is 1.55. The molecule has 8 heteroatoms. The van der Waals surface area contributed by atoms with E-state index in [1.54, 1.807) is 18.2 Å². The van der Waals surface area contributed by atoms with Gasteiger partial charge in [0.05, 0.1) is 19.1 Å². The van der Waals surface area contributed by atoms with Gasteiger partial charge in [0.1, 0.15) is 4.90 Å². The van der Waals surface area contributed by atoms with E-state index in [2.05, 4.69) is 4.40 Å². The quantitative estimate of drug-likeness (QED) is 0.734. The number of hydrogen-bond donors (Lipinski definition) is 0. The zero-order valence-corrected chi connectivity index (χ0v) is 14.7. The van der Waals surface area contributed by atoms with Gasteiger partial charge in [-0.3, -0.25) is 4.79 Å². The summed E-state index contributed by atoms with van der Waals surface area (Å²) in [6.45, 7) is 3.66. The molecule has 0 bridgehead atoms.